The maximum absolute atomic E-state index is 13.1. The van der Waals surface area contributed by atoms with Gasteiger partial charge in [0.15, 0.2) is 11.5 Å². The average Bonchev–Trinajstić information content (AvgIpc) is 2.83. The quantitative estimate of drug-likeness (QED) is 0.441. The summed E-state index contributed by atoms with van der Waals surface area (Å²) in [6, 6.07) is 23.6. The number of amides is 1. The maximum Gasteiger partial charge on any atom is 0.252 e. The van der Waals surface area contributed by atoms with Gasteiger partial charge in [-0.05, 0) is 49.2 Å². The molecule has 5 heteroatoms. The van der Waals surface area contributed by atoms with Crippen LogP contribution < -0.4 is 14.8 Å². The predicted octanol–water partition coefficient (Wildman–Crippen LogP) is 5.20. The van der Waals surface area contributed by atoms with Gasteiger partial charge in [0.05, 0.1) is 31.0 Å². The highest BCUT2D eigenvalue weighted by Crippen LogP contribution is 2.28. The Morgan fingerprint density at radius 1 is 0.906 bits per heavy atom. The first kappa shape index (κ1) is 21.4. The summed E-state index contributed by atoms with van der Waals surface area (Å²) in [5.41, 5.74) is 5.42. The minimum Gasteiger partial charge on any atom is -0.493 e. The van der Waals surface area contributed by atoms with Gasteiger partial charge < -0.3 is 14.8 Å². The zero-order chi connectivity index (χ0) is 22.5. The van der Waals surface area contributed by atoms with Gasteiger partial charge >= 0.3 is 0 Å². The molecule has 0 bridgehead atoms. The van der Waals surface area contributed by atoms with Gasteiger partial charge in [-0.2, -0.15) is 0 Å². The van der Waals surface area contributed by atoms with Crippen LogP contribution in [0.5, 0.6) is 11.5 Å². The third-order valence-corrected chi connectivity index (χ3v) is 5.42. The Bertz CT molecular complexity index is 1270. The molecule has 0 aliphatic carbocycles. The Labute approximate surface area is 188 Å². The predicted molar refractivity (Wildman–Crippen MR) is 127 cm³/mol. The van der Waals surface area contributed by atoms with Crippen LogP contribution >= 0.6 is 0 Å². The molecule has 5 nitrogen and oxygen atoms in total. The van der Waals surface area contributed by atoms with Crippen LogP contribution in [0.25, 0.3) is 22.2 Å². The standard InChI is InChI=1S/C27H26N2O3/c1-18-7-6-8-20(15-18)24-17-22(21-9-4-5-10-23(21)29-24)27(30)28-14-13-19-11-12-25(31-2)26(16-19)32-3/h4-12,15-17H,13-14H2,1-3H3,(H,28,30). The van der Waals surface area contributed by atoms with E-state index in [4.69, 9.17) is 14.5 Å². The monoisotopic (exact) mass is 426 g/mol. The average molecular weight is 427 g/mol. The Hall–Kier alpha value is -3.86. The second-order valence-electron chi connectivity index (χ2n) is 7.64. The third kappa shape index (κ3) is 4.57. The minimum absolute atomic E-state index is 0.113. The van der Waals surface area contributed by atoms with E-state index in [1.165, 1.54) is 0 Å². The van der Waals surface area contributed by atoms with Gasteiger partial charge in [-0.25, -0.2) is 4.98 Å². The summed E-state index contributed by atoms with van der Waals surface area (Å²) < 4.78 is 10.7. The lowest BCUT2D eigenvalue weighted by Gasteiger charge is -2.12. The summed E-state index contributed by atoms with van der Waals surface area (Å²) >= 11 is 0. The molecule has 0 radical (unpaired) electrons. The molecular weight excluding hydrogens is 400 g/mol. The minimum atomic E-state index is -0.113. The molecule has 0 saturated carbocycles. The molecule has 0 aliphatic heterocycles. The highest BCUT2D eigenvalue weighted by molar-refractivity contribution is 6.07. The molecule has 1 aromatic heterocycles. The van der Waals surface area contributed by atoms with E-state index in [2.05, 4.69) is 11.4 Å². The number of rotatable bonds is 7. The number of carbonyl (C=O) groups is 1. The van der Waals surface area contributed by atoms with E-state index in [9.17, 15) is 4.79 Å². The number of aromatic nitrogens is 1. The topological polar surface area (TPSA) is 60.5 Å². The fourth-order valence-electron chi connectivity index (χ4n) is 3.77. The van der Waals surface area contributed by atoms with Crippen LogP contribution in [0.4, 0.5) is 0 Å². The lowest BCUT2D eigenvalue weighted by atomic mass is 10.0. The molecule has 4 rings (SSSR count). The normalized spacial score (nSPS) is 10.7. The molecule has 1 amide bonds. The Balaban J connectivity index is 1.57. The van der Waals surface area contributed by atoms with Crippen LogP contribution in [-0.4, -0.2) is 31.7 Å². The molecule has 1 heterocycles. The molecule has 32 heavy (non-hydrogen) atoms. The molecule has 162 valence electrons. The van der Waals surface area contributed by atoms with E-state index in [0.29, 0.717) is 30.0 Å². The van der Waals surface area contributed by atoms with Crippen molar-refractivity contribution in [2.75, 3.05) is 20.8 Å². The Kier molecular flexibility index (Phi) is 6.36. The zero-order valence-corrected chi connectivity index (χ0v) is 18.5. The lowest BCUT2D eigenvalue weighted by Crippen LogP contribution is -2.26. The van der Waals surface area contributed by atoms with E-state index < -0.39 is 0 Å². The summed E-state index contributed by atoms with van der Waals surface area (Å²) in [5.74, 6) is 1.25. The fraction of sp³-hybridized carbons (Fsp3) is 0.185. The number of nitrogens with zero attached hydrogens (tertiary/aromatic N) is 1. The lowest BCUT2D eigenvalue weighted by molar-refractivity contribution is 0.0955. The first-order chi connectivity index (χ1) is 15.6. The second kappa shape index (κ2) is 9.52. The summed E-state index contributed by atoms with van der Waals surface area (Å²) in [5, 5.41) is 3.90. The number of nitrogens with one attached hydrogen (secondary N) is 1. The van der Waals surface area contributed by atoms with E-state index >= 15 is 0 Å². The largest absolute Gasteiger partial charge is 0.493 e. The van der Waals surface area contributed by atoms with Gasteiger partial charge in [-0.3, -0.25) is 4.79 Å². The summed E-state index contributed by atoms with van der Waals surface area (Å²) in [4.78, 5) is 17.9. The van der Waals surface area contributed by atoms with E-state index in [-0.39, 0.29) is 5.91 Å². The van der Waals surface area contributed by atoms with Crippen molar-refractivity contribution >= 4 is 16.8 Å². The summed E-state index contributed by atoms with van der Waals surface area (Å²) in [6.07, 6.45) is 0.680. The van der Waals surface area contributed by atoms with Gasteiger partial charge in [0, 0.05) is 17.5 Å². The number of pyridine rings is 1. The van der Waals surface area contributed by atoms with Gasteiger partial charge in [-0.1, -0.05) is 48.0 Å². The van der Waals surface area contributed by atoms with Crippen LogP contribution in [0.1, 0.15) is 21.5 Å². The molecule has 0 spiro atoms. The molecule has 0 atom stereocenters. The van der Waals surface area contributed by atoms with Gasteiger partial charge in [-0.15, -0.1) is 0 Å². The van der Waals surface area contributed by atoms with Crippen molar-refractivity contribution in [3.05, 3.63) is 89.5 Å². The molecular formula is C27H26N2O3. The number of aryl methyl sites for hydroxylation is 1. The van der Waals surface area contributed by atoms with Gasteiger partial charge in [0.1, 0.15) is 0 Å². The number of fused-ring (bicyclic) bond motifs is 1. The van der Waals surface area contributed by atoms with E-state index in [0.717, 1.165) is 33.3 Å². The Morgan fingerprint density at radius 2 is 1.72 bits per heavy atom. The smallest absolute Gasteiger partial charge is 0.252 e. The number of hydrogen-bond donors (Lipinski definition) is 1. The SMILES string of the molecule is COc1ccc(CCNC(=O)c2cc(-c3cccc(C)c3)nc3ccccc23)cc1OC. The van der Waals surface area contributed by atoms with E-state index in [1.54, 1.807) is 14.2 Å². The number of para-hydroxylation sites is 1. The molecule has 0 unspecified atom stereocenters. The van der Waals surface area contributed by atoms with E-state index in [1.807, 2.05) is 73.7 Å². The first-order valence-corrected chi connectivity index (χ1v) is 10.5. The van der Waals surface area contributed by atoms with Crippen molar-refractivity contribution in [3.63, 3.8) is 0 Å². The molecule has 0 saturated heterocycles. The first-order valence-electron chi connectivity index (χ1n) is 10.5. The molecule has 4 aromatic rings. The van der Waals surface area contributed by atoms with Crippen molar-refractivity contribution in [2.45, 2.75) is 13.3 Å². The van der Waals surface area contributed by atoms with Gasteiger partial charge in [0.2, 0.25) is 0 Å². The second-order valence-corrected chi connectivity index (χ2v) is 7.64. The zero-order valence-electron chi connectivity index (χ0n) is 18.5. The fourth-order valence-corrected chi connectivity index (χ4v) is 3.77. The third-order valence-electron chi connectivity index (χ3n) is 5.42. The highest BCUT2D eigenvalue weighted by atomic mass is 16.5. The molecule has 0 fully saturated rings. The maximum atomic E-state index is 13.1. The number of benzene rings is 3. The van der Waals surface area contributed by atoms with Crippen molar-refractivity contribution in [1.29, 1.82) is 0 Å². The molecule has 3 aromatic carbocycles. The summed E-state index contributed by atoms with van der Waals surface area (Å²) in [7, 11) is 3.23. The highest BCUT2D eigenvalue weighted by Gasteiger charge is 2.14. The summed E-state index contributed by atoms with van der Waals surface area (Å²) in [6.45, 7) is 2.55. The van der Waals surface area contributed by atoms with Crippen LogP contribution in [0.15, 0.2) is 72.8 Å². The van der Waals surface area contributed by atoms with Crippen LogP contribution in [-0.2, 0) is 6.42 Å². The number of methoxy groups -OCH3 is 2. The van der Waals surface area contributed by atoms with Crippen LogP contribution in [0, 0.1) is 6.92 Å². The van der Waals surface area contributed by atoms with Crippen LogP contribution in [0.3, 0.4) is 0 Å². The van der Waals surface area contributed by atoms with Crippen LogP contribution in [0.2, 0.25) is 0 Å². The van der Waals surface area contributed by atoms with Crippen molar-refractivity contribution in [3.8, 4) is 22.8 Å². The Morgan fingerprint density at radius 3 is 2.50 bits per heavy atom. The number of hydrogen-bond acceptors (Lipinski definition) is 4. The molecule has 1 N–H and O–H groups in total. The number of ether oxygens (including phenoxy) is 2. The van der Waals surface area contributed by atoms with Crippen molar-refractivity contribution in [1.82, 2.24) is 10.3 Å². The van der Waals surface area contributed by atoms with Crippen molar-refractivity contribution in [2.24, 2.45) is 0 Å². The van der Waals surface area contributed by atoms with Gasteiger partial charge in [0.25, 0.3) is 5.91 Å². The van der Waals surface area contributed by atoms with Crippen molar-refractivity contribution < 1.29 is 14.3 Å². The molecule has 0 aliphatic rings. The number of carbonyl (C=O) groups excluding carboxylic acids is 1.